The quantitative estimate of drug-likeness (QED) is 0.690. The van der Waals surface area contributed by atoms with Gasteiger partial charge in [-0.2, -0.15) is 4.98 Å². The first kappa shape index (κ1) is 8.25. The summed E-state index contributed by atoms with van der Waals surface area (Å²) in [6.45, 7) is 1.77. The number of aromatic nitrogens is 3. The lowest BCUT2D eigenvalue weighted by molar-refractivity contribution is 0.395. The van der Waals surface area contributed by atoms with E-state index in [4.69, 9.17) is 20.6 Å². The van der Waals surface area contributed by atoms with Gasteiger partial charge in [-0.15, -0.1) is 11.6 Å². The van der Waals surface area contributed by atoms with Gasteiger partial charge in [0.25, 0.3) is 5.89 Å². The summed E-state index contributed by atoms with van der Waals surface area (Å²) in [5.41, 5.74) is 0.698. The third kappa shape index (κ3) is 1.42. The molecule has 0 aliphatic carbocycles. The monoisotopic (exact) mass is 199 g/mol. The van der Waals surface area contributed by atoms with Crippen molar-refractivity contribution in [2.45, 2.75) is 12.8 Å². The molecule has 0 unspecified atom stereocenters. The topological polar surface area (TPSA) is 65.0 Å². The van der Waals surface area contributed by atoms with Gasteiger partial charge in [-0.25, -0.2) is 0 Å². The fourth-order valence-electron chi connectivity index (χ4n) is 0.922. The van der Waals surface area contributed by atoms with Crippen LogP contribution in [-0.4, -0.2) is 15.3 Å². The van der Waals surface area contributed by atoms with E-state index in [-0.39, 0.29) is 5.88 Å². The van der Waals surface area contributed by atoms with E-state index in [0.717, 1.165) is 0 Å². The zero-order valence-electron chi connectivity index (χ0n) is 6.82. The van der Waals surface area contributed by atoms with Crippen molar-refractivity contribution in [3.63, 3.8) is 0 Å². The Kier molecular flexibility index (Phi) is 2.02. The first-order valence-corrected chi connectivity index (χ1v) is 4.15. The van der Waals surface area contributed by atoms with Crippen molar-refractivity contribution in [3.8, 4) is 11.5 Å². The van der Waals surface area contributed by atoms with Crippen molar-refractivity contribution < 1.29 is 9.05 Å². The van der Waals surface area contributed by atoms with Gasteiger partial charge >= 0.3 is 0 Å². The Morgan fingerprint density at radius 3 is 2.85 bits per heavy atom. The van der Waals surface area contributed by atoms with E-state index >= 15 is 0 Å². The highest BCUT2D eigenvalue weighted by atomic mass is 35.5. The molecule has 0 saturated carbocycles. The van der Waals surface area contributed by atoms with Crippen LogP contribution in [0.1, 0.15) is 11.6 Å². The highest BCUT2D eigenvalue weighted by Crippen LogP contribution is 2.20. The summed E-state index contributed by atoms with van der Waals surface area (Å²) in [4.78, 5) is 4.02. The minimum Gasteiger partial charge on any atom is -0.361 e. The van der Waals surface area contributed by atoms with Crippen molar-refractivity contribution in [1.82, 2.24) is 15.3 Å². The number of halogens is 1. The predicted octanol–water partition coefficient (Wildman–Crippen LogP) is 1.77. The van der Waals surface area contributed by atoms with E-state index in [1.54, 1.807) is 6.92 Å². The van der Waals surface area contributed by atoms with Crippen LogP contribution in [-0.2, 0) is 5.88 Å². The second-order valence-corrected chi connectivity index (χ2v) is 2.71. The standard InChI is InChI=1S/C7H6ClN3O2/c1-4-5(3-9-12-4)7-10-6(2-8)11-13-7/h3H,2H2,1H3. The maximum atomic E-state index is 5.52. The Balaban J connectivity index is 2.41. The summed E-state index contributed by atoms with van der Waals surface area (Å²) < 4.78 is 9.79. The SMILES string of the molecule is Cc1oncc1-c1nc(CCl)no1. The van der Waals surface area contributed by atoms with Gasteiger partial charge in [0.2, 0.25) is 0 Å². The molecule has 2 aromatic heterocycles. The zero-order valence-corrected chi connectivity index (χ0v) is 7.58. The molecule has 0 aliphatic rings. The van der Waals surface area contributed by atoms with Crippen LogP contribution in [0.2, 0.25) is 0 Å². The fourth-order valence-corrected chi connectivity index (χ4v) is 1.03. The van der Waals surface area contributed by atoms with Gasteiger partial charge < -0.3 is 9.05 Å². The van der Waals surface area contributed by atoms with Gasteiger partial charge in [-0.1, -0.05) is 10.3 Å². The number of hydrogen-bond acceptors (Lipinski definition) is 5. The molecule has 0 N–H and O–H groups in total. The van der Waals surface area contributed by atoms with E-state index in [9.17, 15) is 0 Å². The summed E-state index contributed by atoms with van der Waals surface area (Å²) in [5.74, 6) is 1.71. The van der Waals surface area contributed by atoms with Gasteiger partial charge in [0.15, 0.2) is 5.82 Å². The minimum absolute atomic E-state index is 0.230. The molecular weight excluding hydrogens is 194 g/mol. The Morgan fingerprint density at radius 2 is 2.31 bits per heavy atom. The molecule has 2 rings (SSSR count). The molecule has 5 nitrogen and oxygen atoms in total. The normalized spacial score (nSPS) is 10.6. The van der Waals surface area contributed by atoms with Crippen LogP contribution in [0.15, 0.2) is 15.2 Å². The highest BCUT2D eigenvalue weighted by Gasteiger charge is 2.13. The third-order valence-electron chi connectivity index (χ3n) is 1.57. The first-order chi connectivity index (χ1) is 6.31. The van der Waals surface area contributed by atoms with Crippen LogP contribution in [0.4, 0.5) is 0 Å². The zero-order chi connectivity index (χ0) is 9.26. The molecule has 6 heteroatoms. The molecule has 0 radical (unpaired) electrons. The third-order valence-corrected chi connectivity index (χ3v) is 1.81. The molecule has 0 spiro atoms. The lowest BCUT2D eigenvalue weighted by Crippen LogP contribution is -1.80. The Bertz CT molecular complexity index is 409. The van der Waals surface area contributed by atoms with Crippen molar-refractivity contribution in [1.29, 1.82) is 0 Å². The van der Waals surface area contributed by atoms with Crippen LogP contribution in [0.3, 0.4) is 0 Å². The van der Waals surface area contributed by atoms with E-state index < -0.39 is 0 Å². The summed E-state index contributed by atoms with van der Waals surface area (Å²) in [6.07, 6.45) is 1.53. The number of alkyl halides is 1. The van der Waals surface area contributed by atoms with Gasteiger partial charge in [0.1, 0.15) is 11.3 Å². The van der Waals surface area contributed by atoms with E-state index in [0.29, 0.717) is 23.0 Å². The Labute approximate surface area is 78.7 Å². The lowest BCUT2D eigenvalue weighted by Gasteiger charge is -1.84. The van der Waals surface area contributed by atoms with E-state index in [1.807, 2.05) is 0 Å². The largest absolute Gasteiger partial charge is 0.361 e. The molecule has 0 aromatic carbocycles. The molecular formula is C7H6ClN3O2. The maximum Gasteiger partial charge on any atom is 0.263 e. The Morgan fingerprint density at radius 1 is 1.46 bits per heavy atom. The van der Waals surface area contributed by atoms with Gasteiger partial charge in [-0.3, -0.25) is 0 Å². The lowest BCUT2D eigenvalue weighted by atomic mass is 10.3. The smallest absolute Gasteiger partial charge is 0.263 e. The molecule has 0 fully saturated rings. The van der Waals surface area contributed by atoms with Crippen LogP contribution >= 0.6 is 11.6 Å². The molecule has 0 aliphatic heterocycles. The summed E-state index contributed by atoms with van der Waals surface area (Å²) in [7, 11) is 0. The number of aryl methyl sites for hydroxylation is 1. The minimum atomic E-state index is 0.230. The van der Waals surface area contributed by atoms with Crippen molar-refractivity contribution in [2.75, 3.05) is 0 Å². The molecule has 0 saturated heterocycles. The second kappa shape index (κ2) is 3.18. The van der Waals surface area contributed by atoms with Crippen LogP contribution in [0.5, 0.6) is 0 Å². The molecule has 13 heavy (non-hydrogen) atoms. The number of rotatable bonds is 2. The van der Waals surface area contributed by atoms with Crippen LogP contribution in [0.25, 0.3) is 11.5 Å². The fraction of sp³-hybridized carbons (Fsp3) is 0.286. The number of nitrogens with zero attached hydrogens (tertiary/aromatic N) is 3. The summed E-state index contributed by atoms with van der Waals surface area (Å²) >= 11 is 5.52. The first-order valence-electron chi connectivity index (χ1n) is 3.61. The molecule has 0 atom stereocenters. The van der Waals surface area contributed by atoms with Gasteiger partial charge in [0.05, 0.1) is 12.1 Å². The average Bonchev–Trinajstić information content (AvgIpc) is 2.71. The van der Waals surface area contributed by atoms with Crippen molar-refractivity contribution >= 4 is 11.6 Å². The van der Waals surface area contributed by atoms with Crippen molar-refractivity contribution in [2.24, 2.45) is 0 Å². The highest BCUT2D eigenvalue weighted by molar-refractivity contribution is 6.16. The second-order valence-electron chi connectivity index (χ2n) is 2.45. The molecule has 2 heterocycles. The van der Waals surface area contributed by atoms with Crippen LogP contribution < -0.4 is 0 Å². The molecule has 0 bridgehead atoms. The van der Waals surface area contributed by atoms with E-state index in [1.165, 1.54) is 6.20 Å². The molecule has 68 valence electrons. The Hall–Kier alpha value is -1.36. The van der Waals surface area contributed by atoms with Crippen molar-refractivity contribution in [3.05, 3.63) is 17.8 Å². The van der Waals surface area contributed by atoms with E-state index in [2.05, 4.69) is 15.3 Å². The van der Waals surface area contributed by atoms with Gasteiger partial charge in [-0.05, 0) is 6.92 Å². The van der Waals surface area contributed by atoms with Crippen LogP contribution in [0, 0.1) is 6.92 Å². The molecule has 2 aromatic rings. The number of hydrogen-bond donors (Lipinski definition) is 0. The van der Waals surface area contributed by atoms with Gasteiger partial charge in [0, 0.05) is 0 Å². The predicted molar refractivity (Wildman–Crippen MR) is 44.1 cm³/mol. The molecule has 0 amide bonds. The maximum absolute atomic E-state index is 5.52. The summed E-state index contributed by atoms with van der Waals surface area (Å²) in [6, 6.07) is 0. The summed E-state index contributed by atoms with van der Waals surface area (Å²) in [5, 5.41) is 7.24. The average molecular weight is 200 g/mol.